The van der Waals surface area contributed by atoms with E-state index in [1.807, 2.05) is 0 Å². The Balaban J connectivity index is 1.92. The maximum atomic E-state index is 12.5. The van der Waals surface area contributed by atoms with Crippen molar-refractivity contribution in [2.24, 2.45) is 0 Å². The number of nitrogens with one attached hydrogen (secondary N) is 2. The Bertz CT molecular complexity index is 752. The summed E-state index contributed by atoms with van der Waals surface area (Å²) >= 11 is 0. The van der Waals surface area contributed by atoms with Gasteiger partial charge in [-0.25, -0.2) is 4.98 Å². The van der Waals surface area contributed by atoms with Crippen molar-refractivity contribution < 1.29 is 27.9 Å². The first-order valence-electron chi connectivity index (χ1n) is 7.43. The zero-order valence-electron chi connectivity index (χ0n) is 13.3. The van der Waals surface area contributed by atoms with Gasteiger partial charge in [0.1, 0.15) is 11.7 Å². The number of amides is 2. The third-order valence-electron chi connectivity index (χ3n) is 3.35. The molecule has 0 saturated heterocycles. The number of nitrogens with zero attached hydrogens (tertiary/aromatic N) is 2. The van der Waals surface area contributed by atoms with Crippen molar-refractivity contribution in [3.63, 3.8) is 0 Å². The number of rotatable bonds is 6. The molecule has 1 heterocycles. The third-order valence-corrected chi connectivity index (χ3v) is 3.35. The molecular weight excluding hydrogens is 353 g/mol. The summed E-state index contributed by atoms with van der Waals surface area (Å²) in [4.78, 5) is 31.4. The van der Waals surface area contributed by atoms with Crippen LogP contribution in [-0.4, -0.2) is 39.5 Å². The van der Waals surface area contributed by atoms with Gasteiger partial charge in [0.05, 0.1) is 18.4 Å². The van der Waals surface area contributed by atoms with Gasteiger partial charge in [-0.05, 0) is 17.7 Å². The van der Waals surface area contributed by atoms with E-state index in [-0.39, 0.29) is 12.2 Å². The lowest BCUT2D eigenvalue weighted by atomic mass is 10.1. The molecule has 26 heavy (non-hydrogen) atoms. The minimum Gasteiger partial charge on any atom is -0.394 e. The molecule has 2 aromatic rings. The lowest BCUT2D eigenvalue weighted by molar-refractivity contribution is -0.137. The molecule has 0 aliphatic rings. The molecule has 2 rings (SSSR count). The van der Waals surface area contributed by atoms with Gasteiger partial charge in [-0.15, -0.1) is 0 Å². The topological polar surface area (TPSA) is 104 Å². The second-order valence-electron chi connectivity index (χ2n) is 5.21. The van der Waals surface area contributed by atoms with Gasteiger partial charge in [0.15, 0.2) is 0 Å². The van der Waals surface area contributed by atoms with E-state index >= 15 is 0 Å². The number of aromatic nitrogens is 2. The van der Waals surface area contributed by atoms with Crippen molar-refractivity contribution in [2.45, 2.75) is 18.8 Å². The van der Waals surface area contributed by atoms with Crippen molar-refractivity contribution in [2.75, 3.05) is 6.61 Å². The number of carbonyl (C=O) groups is 2. The van der Waals surface area contributed by atoms with E-state index in [1.165, 1.54) is 30.7 Å². The molecule has 7 nitrogen and oxygen atoms in total. The Hall–Kier alpha value is -3.01. The summed E-state index contributed by atoms with van der Waals surface area (Å²) < 4.78 is 37.5. The van der Waals surface area contributed by atoms with Crippen LogP contribution in [-0.2, 0) is 17.5 Å². The highest BCUT2D eigenvalue weighted by molar-refractivity contribution is 5.95. The predicted octanol–water partition coefficient (Wildman–Crippen LogP) is 0.903. The number of aliphatic hydroxyl groups is 1. The lowest BCUT2D eigenvalue weighted by Crippen LogP contribution is -2.48. The largest absolute Gasteiger partial charge is 0.416 e. The van der Waals surface area contributed by atoms with Crippen LogP contribution >= 0.6 is 0 Å². The number of carbonyl (C=O) groups excluding carboxylic acids is 2. The van der Waals surface area contributed by atoms with Gasteiger partial charge >= 0.3 is 6.18 Å². The predicted molar refractivity (Wildman–Crippen MR) is 83.7 cm³/mol. The molecule has 0 spiro atoms. The average Bonchev–Trinajstić information content (AvgIpc) is 2.64. The number of benzene rings is 1. The Morgan fingerprint density at radius 1 is 1.15 bits per heavy atom. The third kappa shape index (κ3) is 5.24. The first-order chi connectivity index (χ1) is 12.3. The van der Waals surface area contributed by atoms with Crippen molar-refractivity contribution >= 4 is 11.8 Å². The van der Waals surface area contributed by atoms with Gasteiger partial charge < -0.3 is 15.7 Å². The van der Waals surface area contributed by atoms with E-state index < -0.39 is 36.2 Å². The fraction of sp³-hybridized carbons (Fsp3) is 0.250. The molecular formula is C16H15F3N4O3. The Labute approximate surface area is 146 Å². The molecule has 0 aliphatic heterocycles. The average molecular weight is 368 g/mol. The fourth-order valence-electron chi connectivity index (χ4n) is 1.97. The molecule has 1 aromatic carbocycles. The highest BCUT2D eigenvalue weighted by atomic mass is 19.4. The van der Waals surface area contributed by atoms with Crippen LogP contribution in [0.15, 0.2) is 42.9 Å². The molecule has 0 unspecified atom stereocenters. The smallest absolute Gasteiger partial charge is 0.394 e. The molecule has 138 valence electrons. The number of hydrogen-bond acceptors (Lipinski definition) is 5. The molecule has 1 atom stereocenters. The van der Waals surface area contributed by atoms with Gasteiger partial charge in [0, 0.05) is 18.9 Å². The Morgan fingerprint density at radius 2 is 1.85 bits per heavy atom. The maximum absolute atomic E-state index is 12.5. The SMILES string of the molecule is O=C(N[C@@H](CO)C(=O)NCc1ccc(C(F)(F)F)cc1)c1cnccn1. The van der Waals surface area contributed by atoms with Crippen LogP contribution in [0.3, 0.4) is 0 Å². The molecule has 0 fully saturated rings. The summed E-state index contributed by atoms with van der Waals surface area (Å²) in [5.41, 5.74) is -0.387. The minimum absolute atomic E-state index is 0.0264. The molecule has 0 radical (unpaired) electrons. The van der Waals surface area contributed by atoms with Crippen LogP contribution in [0.4, 0.5) is 13.2 Å². The van der Waals surface area contributed by atoms with E-state index in [2.05, 4.69) is 20.6 Å². The summed E-state index contributed by atoms with van der Waals surface area (Å²) in [5, 5.41) is 14.0. The highest BCUT2D eigenvalue weighted by Gasteiger charge is 2.30. The number of hydrogen-bond donors (Lipinski definition) is 3. The van der Waals surface area contributed by atoms with Crippen molar-refractivity contribution in [1.82, 2.24) is 20.6 Å². The van der Waals surface area contributed by atoms with Crippen molar-refractivity contribution in [3.8, 4) is 0 Å². The van der Waals surface area contributed by atoms with Crippen LogP contribution in [0.25, 0.3) is 0 Å². The summed E-state index contributed by atoms with van der Waals surface area (Å²) in [6.07, 6.45) is -0.567. The summed E-state index contributed by atoms with van der Waals surface area (Å²) in [7, 11) is 0. The standard InChI is InChI=1S/C16H15F3N4O3/c17-16(18,19)11-3-1-10(2-4-11)7-22-14(25)13(9-24)23-15(26)12-8-20-5-6-21-12/h1-6,8,13,24H,7,9H2,(H,22,25)(H,23,26)/t13-/m0/s1. The van der Waals surface area contributed by atoms with E-state index in [0.717, 1.165) is 12.1 Å². The van der Waals surface area contributed by atoms with Gasteiger partial charge in [0.25, 0.3) is 5.91 Å². The maximum Gasteiger partial charge on any atom is 0.416 e. The van der Waals surface area contributed by atoms with Gasteiger partial charge in [-0.1, -0.05) is 12.1 Å². The molecule has 1 aromatic heterocycles. The normalized spacial score (nSPS) is 12.3. The summed E-state index contributed by atoms with van der Waals surface area (Å²) in [6, 6.07) is 3.03. The Morgan fingerprint density at radius 3 is 2.38 bits per heavy atom. The molecule has 10 heteroatoms. The summed E-state index contributed by atoms with van der Waals surface area (Å²) in [6.45, 7) is -0.723. The van der Waals surface area contributed by atoms with Gasteiger partial charge in [0.2, 0.25) is 5.91 Å². The molecule has 0 aliphatic carbocycles. The first kappa shape index (κ1) is 19.3. The highest BCUT2D eigenvalue weighted by Crippen LogP contribution is 2.29. The van der Waals surface area contributed by atoms with Gasteiger partial charge in [-0.3, -0.25) is 14.6 Å². The van der Waals surface area contributed by atoms with Crippen LogP contribution < -0.4 is 10.6 Å². The van der Waals surface area contributed by atoms with Crippen molar-refractivity contribution in [1.29, 1.82) is 0 Å². The fourth-order valence-corrected chi connectivity index (χ4v) is 1.97. The number of aliphatic hydroxyl groups excluding tert-OH is 1. The Kier molecular flexibility index (Phi) is 6.23. The zero-order chi connectivity index (χ0) is 19.2. The van der Waals surface area contributed by atoms with Gasteiger partial charge in [-0.2, -0.15) is 13.2 Å². The molecule has 3 N–H and O–H groups in total. The van der Waals surface area contributed by atoms with E-state index in [4.69, 9.17) is 0 Å². The van der Waals surface area contributed by atoms with Crippen LogP contribution in [0.1, 0.15) is 21.6 Å². The summed E-state index contributed by atoms with van der Waals surface area (Å²) in [5.74, 6) is -1.38. The van der Waals surface area contributed by atoms with Crippen LogP contribution in [0.5, 0.6) is 0 Å². The monoisotopic (exact) mass is 368 g/mol. The second-order valence-corrected chi connectivity index (χ2v) is 5.21. The van der Waals surface area contributed by atoms with Crippen molar-refractivity contribution in [3.05, 3.63) is 59.7 Å². The zero-order valence-corrected chi connectivity index (χ0v) is 13.3. The lowest BCUT2D eigenvalue weighted by Gasteiger charge is -2.16. The van der Waals surface area contributed by atoms with Crippen LogP contribution in [0.2, 0.25) is 0 Å². The second kappa shape index (κ2) is 8.39. The molecule has 0 saturated carbocycles. The van der Waals surface area contributed by atoms with Crippen LogP contribution in [0, 0.1) is 0 Å². The quantitative estimate of drug-likeness (QED) is 0.703. The molecule has 0 bridgehead atoms. The molecule has 2 amide bonds. The number of halogens is 3. The van der Waals surface area contributed by atoms with E-state index in [0.29, 0.717) is 5.56 Å². The minimum atomic E-state index is -4.44. The van der Waals surface area contributed by atoms with E-state index in [9.17, 15) is 27.9 Å². The number of alkyl halides is 3. The first-order valence-corrected chi connectivity index (χ1v) is 7.43. The van der Waals surface area contributed by atoms with E-state index in [1.54, 1.807) is 0 Å².